The van der Waals surface area contributed by atoms with E-state index >= 15 is 0 Å². The second-order valence-electron chi connectivity index (χ2n) is 3.66. The smallest absolute Gasteiger partial charge is 0.179 e. The summed E-state index contributed by atoms with van der Waals surface area (Å²) in [6.07, 6.45) is 5.86. The number of hydrogen-bond donors (Lipinski definition) is 1. The number of rotatable bonds is 5. The number of ketones is 1. The van der Waals surface area contributed by atoms with Gasteiger partial charge in [-0.15, -0.1) is 0 Å². The Balaban J connectivity index is 1.88. The average Bonchev–Trinajstić information content (AvgIpc) is 2.90. The molecular weight excluding hydrogens is 178 g/mol. The van der Waals surface area contributed by atoms with Crippen molar-refractivity contribution in [2.45, 2.75) is 32.4 Å². The van der Waals surface area contributed by atoms with Crippen LogP contribution in [0.1, 0.15) is 30.1 Å². The first kappa shape index (κ1) is 9.40. The van der Waals surface area contributed by atoms with E-state index < -0.39 is 0 Å². The van der Waals surface area contributed by atoms with E-state index in [-0.39, 0.29) is 5.78 Å². The van der Waals surface area contributed by atoms with Gasteiger partial charge in [-0.1, -0.05) is 0 Å². The first-order chi connectivity index (χ1) is 6.79. The summed E-state index contributed by atoms with van der Waals surface area (Å²) < 4.78 is 1.77. The van der Waals surface area contributed by atoms with Crippen LogP contribution in [0.15, 0.2) is 12.4 Å². The highest BCUT2D eigenvalue weighted by Crippen LogP contribution is 2.18. The molecule has 1 aromatic rings. The number of aryl methyl sites for hydroxylation is 1. The summed E-state index contributed by atoms with van der Waals surface area (Å²) in [7, 11) is 0. The topological polar surface area (TPSA) is 46.9 Å². The van der Waals surface area contributed by atoms with Gasteiger partial charge in [-0.05, 0) is 19.8 Å². The fourth-order valence-electron chi connectivity index (χ4n) is 1.31. The van der Waals surface area contributed by atoms with Crippen LogP contribution in [0.4, 0.5) is 0 Å². The number of carbonyl (C=O) groups excluding carboxylic acids is 1. The van der Waals surface area contributed by atoms with Gasteiger partial charge in [0, 0.05) is 18.8 Å². The molecule has 4 heteroatoms. The highest BCUT2D eigenvalue weighted by atomic mass is 16.1. The maximum absolute atomic E-state index is 11.6. The van der Waals surface area contributed by atoms with Crippen molar-refractivity contribution in [2.75, 3.05) is 6.54 Å². The van der Waals surface area contributed by atoms with Gasteiger partial charge in [-0.25, -0.2) is 0 Å². The fraction of sp³-hybridized carbons (Fsp3) is 0.600. The van der Waals surface area contributed by atoms with Gasteiger partial charge in [0.05, 0.1) is 18.3 Å². The lowest BCUT2D eigenvalue weighted by molar-refractivity contribution is 0.0990. The van der Waals surface area contributed by atoms with Gasteiger partial charge in [-0.2, -0.15) is 5.10 Å². The second-order valence-corrected chi connectivity index (χ2v) is 3.66. The summed E-state index contributed by atoms with van der Waals surface area (Å²) in [6, 6.07) is 0.583. The molecule has 0 aromatic carbocycles. The van der Waals surface area contributed by atoms with Gasteiger partial charge in [0.2, 0.25) is 0 Å². The van der Waals surface area contributed by atoms with E-state index in [2.05, 4.69) is 10.4 Å². The number of carbonyl (C=O) groups is 1. The summed E-state index contributed by atoms with van der Waals surface area (Å²) in [5.74, 6) is 0.136. The maximum Gasteiger partial charge on any atom is 0.179 e. The lowest BCUT2D eigenvalue weighted by Crippen LogP contribution is -2.24. The highest BCUT2D eigenvalue weighted by molar-refractivity contribution is 5.97. The standard InChI is InChI=1S/C10H15N3O/c1-2-13-7-8(5-12-13)10(14)6-11-9-3-4-9/h5,7,9,11H,2-4,6H2,1H3. The Kier molecular flexibility index (Phi) is 2.63. The van der Waals surface area contributed by atoms with Crippen molar-refractivity contribution in [3.8, 4) is 0 Å². The van der Waals surface area contributed by atoms with Crippen molar-refractivity contribution in [1.29, 1.82) is 0 Å². The molecule has 0 unspecified atom stereocenters. The monoisotopic (exact) mass is 193 g/mol. The van der Waals surface area contributed by atoms with E-state index in [1.54, 1.807) is 17.1 Å². The van der Waals surface area contributed by atoms with Crippen molar-refractivity contribution >= 4 is 5.78 Å². The highest BCUT2D eigenvalue weighted by Gasteiger charge is 2.21. The Bertz CT molecular complexity index is 328. The number of hydrogen-bond acceptors (Lipinski definition) is 3. The van der Waals surface area contributed by atoms with E-state index in [1.165, 1.54) is 12.8 Å². The zero-order valence-electron chi connectivity index (χ0n) is 8.36. The minimum absolute atomic E-state index is 0.136. The zero-order chi connectivity index (χ0) is 9.97. The summed E-state index contributed by atoms with van der Waals surface area (Å²) in [5, 5.41) is 7.26. The molecule has 14 heavy (non-hydrogen) atoms. The van der Waals surface area contributed by atoms with Gasteiger partial charge >= 0.3 is 0 Å². The maximum atomic E-state index is 11.6. The predicted octanol–water partition coefficient (Wildman–Crippen LogP) is 0.838. The summed E-state index contributed by atoms with van der Waals surface area (Å²) >= 11 is 0. The van der Waals surface area contributed by atoms with E-state index in [0.29, 0.717) is 18.2 Å². The number of nitrogens with zero attached hydrogens (tertiary/aromatic N) is 2. The Morgan fingerprint density at radius 2 is 2.50 bits per heavy atom. The normalized spacial score (nSPS) is 15.8. The molecule has 76 valence electrons. The van der Waals surface area contributed by atoms with Gasteiger partial charge < -0.3 is 5.32 Å². The Morgan fingerprint density at radius 3 is 3.07 bits per heavy atom. The minimum Gasteiger partial charge on any atom is -0.307 e. The van der Waals surface area contributed by atoms with E-state index in [1.807, 2.05) is 6.92 Å². The molecule has 1 fully saturated rings. The summed E-state index contributed by atoms with van der Waals surface area (Å²) in [6.45, 7) is 3.26. The summed E-state index contributed by atoms with van der Waals surface area (Å²) in [4.78, 5) is 11.6. The molecule has 0 amide bonds. The third kappa shape index (κ3) is 2.20. The van der Waals surface area contributed by atoms with Crippen molar-refractivity contribution in [2.24, 2.45) is 0 Å². The molecule has 0 atom stereocenters. The van der Waals surface area contributed by atoms with Crippen LogP contribution in [0.25, 0.3) is 0 Å². The fourth-order valence-corrected chi connectivity index (χ4v) is 1.31. The largest absolute Gasteiger partial charge is 0.307 e. The molecule has 1 N–H and O–H groups in total. The molecule has 4 nitrogen and oxygen atoms in total. The Hall–Kier alpha value is -1.16. The van der Waals surface area contributed by atoms with E-state index in [0.717, 1.165) is 6.54 Å². The molecule has 0 aliphatic heterocycles. The molecule has 2 rings (SSSR count). The van der Waals surface area contributed by atoms with Crippen LogP contribution >= 0.6 is 0 Å². The van der Waals surface area contributed by atoms with Crippen molar-refractivity contribution in [3.05, 3.63) is 18.0 Å². The van der Waals surface area contributed by atoms with Gasteiger partial charge in [-0.3, -0.25) is 9.48 Å². The number of Topliss-reactive ketones (excluding diaryl/α,β-unsaturated/α-hetero) is 1. The van der Waals surface area contributed by atoms with Gasteiger partial charge in [0.1, 0.15) is 0 Å². The Morgan fingerprint density at radius 1 is 1.71 bits per heavy atom. The summed E-state index contributed by atoms with van der Waals surface area (Å²) in [5.41, 5.74) is 0.708. The van der Waals surface area contributed by atoms with Crippen molar-refractivity contribution in [3.63, 3.8) is 0 Å². The molecular formula is C10H15N3O. The molecule has 0 spiro atoms. The SMILES string of the molecule is CCn1cc(C(=O)CNC2CC2)cn1. The number of aromatic nitrogens is 2. The van der Waals surface area contributed by atoms with Crippen LogP contribution in [-0.2, 0) is 6.54 Å². The lowest BCUT2D eigenvalue weighted by Gasteiger charge is -1.98. The molecule has 1 heterocycles. The number of nitrogens with one attached hydrogen (secondary N) is 1. The van der Waals surface area contributed by atoms with Crippen molar-refractivity contribution < 1.29 is 4.79 Å². The molecule has 1 aliphatic carbocycles. The van der Waals surface area contributed by atoms with E-state index in [4.69, 9.17) is 0 Å². The van der Waals surface area contributed by atoms with Crippen LogP contribution in [0.5, 0.6) is 0 Å². The molecule has 0 radical (unpaired) electrons. The van der Waals surface area contributed by atoms with Crippen LogP contribution in [0.2, 0.25) is 0 Å². The van der Waals surface area contributed by atoms with Gasteiger partial charge in [0.25, 0.3) is 0 Å². The molecule has 0 bridgehead atoms. The third-order valence-corrected chi connectivity index (χ3v) is 2.41. The van der Waals surface area contributed by atoms with Crippen LogP contribution in [0, 0.1) is 0 Å². The third-order valence-electron chi connectivity index (χ3n) is 2.41. The predicted molar refractivity (Wildman–Crippen MR) is 53.3 cm³/mol. The molecule has 1 aliphatic rings. The molecule has 1 aromatic heterocycles. The molecule has 0 saturated heterocycles. The minimum atomic E-state index is 0.136. The second kappa shape index (κ2) is 3.92. The average molecular weight is 193 g/mol. The Labute approximate surface area is 83.3 Å². The zero-order valence-corrected chi connectivity index (χ0v) is 8.36. The van der Waals surface area contributed by atoms with Crippen LogP contribution in [-0.4, -0.2) is 28.2 Å². The lowest BCUT2D eigenvalue weighted by atomic mass is 10.2. The molecule has 1 saturated carbocycles. The first-order valence-corrected chi connectivity index (χ1v) is 5.08. The van der Waals surface area contributed by atoms with Gasteiger partial charge in [0.15, 0.2) is 5.78 Å². The first-order valence-electron chi connectivity index (χ1n) is 5.08. The van der Waals surface area contributed by atoms with Crippen LogP contribution < -0.4 is 5.32 Å². The van der Waals surface area contributed by atoms with E-state index in [9.17, 15) is 4.79 Å². The van der Waals surface area contributed by atoms with Crippen molar-refractivity contribution in [1.82, 2.24) is 15.1 Å². The van der Waals surface area contributed by atoms with Crippen LogP contribution in [0.3, 0.4) is 0 Å². The quantitative estimate of drug-likeness (QED) is 0.705.